The van der Waals surface area contributed by atoms with Crippen molar-refractivity contribution in [3.05, 3.63) is 0 Å². The van der Waals surface area contributed by atoms with Crippen molar-refractivity contribution in [2.75, 3.05) is 19.7 Å². The summed E-state index contributed by atoms with van der Waals surface area (Å²) in [7, 11) is 0. The Morgan fingerprint density at radius 2 is 1.90 bits per heavy atom. The van der Waals surface area contributed by atoms with Gasteiger partial charge in [-0.3, -0.25) is 4.79 Å². The number of piperidine rings is 2. The first-order valence-corrected chi connectivity index (χ1v) is 7.95. The van der Waals surface area contributed by atoms with E-state index in [4.69, 9.17) is 10.2 Å². The Hall–Kier alpha value is -1.30. The Morgan fingerprint density at radius 1 is 1.14 bits per heavy atom. The molecular formula is C15H26N2O4. The zero-order chi connectivity index (χ0) is 15.4. The molecule has 2 heterocycles. The van der Waals surface area contributed by atoms with E-state index in [9.17, 15) is 9.59 Å². The number of hydrogen-bond acceptors (Lipinski definition) is 3. The maximum absolute atomic E-state index is 12.7. The molecule has 6 nitrogen and oxygen atoms in total. The lowest BCUT2D eigenvalue weighted by molar-refractivity contribution is -0.143. The van der Waals surface area contributed by atoms with Gasteiger partial charge in [0.1, 0.15) is 0 Å². The summed E-state index contributed by atoms with van der Waals surface area (Å²) in [5.74, 6) is -1.09. The van der Waals surface area contributed by atoms with E-state index in [-0.39, 0.29) is 30.6 Å². The van der Waals surface area contributed by atoms with Crippen molar-refractivity contribution in [1.29, 1.82) is 0 Å². The molecule has 0 spiro atoms. The van der Waals surface area contributed by atoms with Gasteiger partial charge < -0.3 is 20.0 Å². The minimum Gasteiger partial charge on any atom is -0.481 e. The van der Waals surface area contributed by atoms with Gasteiger partial charge >= 0.3 is 12.0 Å². The van der Waals surface area contributed by atoms with Gasteiger partial charge in [0.25, 0.3) is 0 Å². The zero-order valence-corrected chi connectivity index (χ0v) is 12.7. The average Bonchev–Trinajstić information content (AvgIpc) is 2.47. The molecule has 0 aromatic carbocycles. The number of likely N-dealkylation sites (tertiary alicyclic amines) is 2. The highest BCUT2D eigenvalue weighted by Crippen LogP contribution is 2.27. The SMILES string of the molecule is CC1CC(C(=O)O)CCN1C(=O)N1CCCCC1CCO. The highest BCUT2D eigenvalue weighted by Gasteiger charge is 2.36. The smallest absolute Gasteiger partial charge is 0.320 e. The van der Waals surface area contributed by atoms with Gasteiger partial charge in [-0.1, -0.05) is 0 Å². The van der Waals surface area contributed by atoms with Crippen LogP contribution in [0.5, 0.6) is 0 Å². The molecule has 0 aromatic heterocycles. The van der Waals surface area contributed by atoms with Gasteiger partial charge in [-0.2, -0.15) is 0 Å². The van der Waals surface area contributed by atoms with Gasteiger partial charge in [0.05, 0.1) is 5.92 Å². The monoisotopic (exact) mass is 298 g/mol. The number of urea groups is 1. The zero-order valence-electron chi connectivity index (χ0n) is 12.7. The second kappa shape index (κ2) is 7.11. The number of carbonyl (C=O) groups is 2. The number of carbonyl (C=O) groups excluding carboxylic acids is 1. The first kappa shape index (κ1) is 16.1. The summed E-state index contributed by atoms with van der Waals surface area (Å²) in [6.45, 7) is 3.29. The average molecular weight is 298 g/mol. The third kappa shape index (κ3) is 3.67. The summed E-state index contributed by atoms with van der Waals surface area (Å²) in [6, 6.07) is 0.106. The van der Waals surface area contributed by atoms with Crippen LogP contribution in [0.15, 0.2) is 0 Å². The predicted molar refractivity (Wildman–Crippen MR) is 78.0 cm³/mol. The van der Waals surface area contributed by atoms with E-state index >= 15 is 0 Å². The van der Waals surface area contributed by atoms with Crippen molar-refractivity contribution in [2.45, 2.75) is 57.5 Å². The van der Waals surface area contributed by atoms with Crippen LogP contribution in [-0.4, -0.2) is 63.8 Å². The van der Waals surface area contributed by atoms with Crippen LogP contribution < -0.4 is 0 Å². The van der Waals surface area contributed by atoms with Crippen molar-refractivity contribution in [3.8, 4) is 0 Å². The number of aliphatic hydroxyl groups is 1. The van der Waals surface area contributed by atoms with Crippen molar-refractivity contribution >= 4 is 12.0 Å². The maximum Gasteiger partial charge on any atom is 0.320 e. The quantitative estimate of drug-likeness (QED) is 0.828. The van der Waals surface area contributed by atoms with Gasteiger partial charge in [0.15, 0.2) is 0 Å². The molecule has 2 saturated heterocycles. The molecule has 2 amide bonds. The molecule has 0 radical (unpaired) electrons. The number of amides is 2. The lowest BCUT2D eigenvalue weighted by Gasteiger charge is -2.43. The lowest BCUT2D eigenvalue weighted by atomic mass is 9.91. The summed E-state index contributed by atoms with van der Waals surface area (Å²) in [6.07, 6.45) is 4.75. The Labute approximate surface area is 125 Å². The molecule has 0 aliphatic carbocycles. The Morgan fingerprint density at radius 3 is 2.52 bits per heavy atom. The van der Waals surface area contributed by atoms with Crippen LogP contribution >= 0.6 is 0 Å². The minimum atomic E-state index is -0.759. The molecule has 21 heavy (non-hydrogen) atoms. The van der Waals surface area contributed by atoms with Crippen molar-refractivity contribution in [2.24, 2.45) is 5.92 Å². The lowest BCUT2D eigenvalue weighted by Crippen LogP contribution is -2.55. The summed E-state index contributed by atoms with van der Waals surface area (Å²) in [4.78, 5) is 27.5. The molecule has 2 aliphatic rings. The standard InChI is InChI=1S/C15H26N2O4/c1-11-10-12(14(19)20)5-8-16(11)15(21)17-7-3-2-4-13(17)6-9-18/h11-13,18H,2-10H2,1H3,(H,19,20). The largest absolute Gasteiger partial charge is 0.481 e. The second-order valence-corrected chi connectivity index (χ2v) is 6.24. The molecule has 6 heteroatoms. The first-order chi connectivity index (χ1) is 10.0. The highest BCUT2D eigenvalue weighted by molar-refractivity contribution is 5.76. The summed E-state index contributed by atoms with van der Waals surface area (Å²) >= 11 is 0. The Kier molecular flexibility index (Phi) is 5.45. The maximum atomic E-state index is 12.7. The van der Waals surface area contributed by atoms with Gasteiger partial charge in [-0.05, 0) is 45.4 Å². The highest BCUT2D eigenvalue weighted by atomic mass is 16.4. The fraction of sp³-hybridized carbons (Fsp3) is 0.867. The van der Waals surface area contributed by atoms with E-state index in [0.717, 1.165) is 25.8 Å². The molecule has 2 N–H and O–H groups in total. The topological polar surface area (TPSA) is 81.1 Å². The molecular weight excluding hydrogens is 272 g/mol. The number of carboxylic acid groups (broad SMARTS) is 1. The third-order valence-corrected chi connectivity index (χ3v) is 4.81. The molecule has 0 aromatic rings. The number of aliphatic carboxylic acids is 1. The van der Waals surface area contributed by atoms with Crippen LogP contribution in [0.2, 0.25) is 0 Å². The van der Waals surface area contributed by atoms with Crippen molar-refractivity contribution in [3.63, 3.8) is 0 Å². The number of nitrogens with zero attached hydrogens (tertiary/aromatic N) is 2. The van der Waals surface area contributed by atoms with Crippen molar-refractivity contribution < 1.29 is 19.8 Å². The second-order valence-electron chi connectivity index (χ2n) is 6.24. The van der Waals surface area contributed by atoms with Gasteiger partial charge in [-0.25, -0.2) is 4.79 Å². The van der Waals surface area contributed by atoms with E-state index in [0.29, 0.717) is 25.8 Å². The summed E-state index contributed by atoms with van der Waals surface area (Å²) in [5, 5.41) is 18.3. The van der Waals surface area contributed by atoms with Gasteiger partial charge in [0, 0.05) is 31.8 Å². The van der Waals surface area contributed by atoms with E-state index in [1.54, 1.807) is 0 Å². The normalized spacial score (nSPS) is 30.3. The summed E-state index contributed by atoms with van der Waals surface area (Å²) < 4.78 is 0. The third-order valence-electron chi connectivity index (χ3n) is 4.81. The van der Waals surface area contributed by atoms with Crippen LogP contribution in [0.1, 0.15) is 45.4 Å². The van der Waals surface area contributed by atoms with Crippen LogP contribution in [0.25, 0.3) is 0 Å². The molecule has 2 aliphatic heterocycles. The number of rotatable bonds is 3. The van der Waals surface area contributed by atoms with Crippen LogP contribution in [-0.2, 0) is 4.79 Å². The van der Waals surface area contributed by atoms with E-state index in [2.05, 4.69) is 0 Å². The fourth-order valence-corrected chi connectivity index (χ4v) is 3.55. The van der Waals surface area contributed by atoms with Crippen molar-refractivity contribution in [1.82, 2.24) is 9.80 Å². The summed E-state index contributed by atoms with van der Waals surface area (Å²) in [5.41, 5.74) is 0. The number of carboxylic acids is 1. The predicted octanol–water partition coefficient (Wildman–Crippen LogP) is 1.53. The first-order valence-electron chi connectivity index (χ1n) is 7.95. The van der Waals surface area contributed by atoms with Gasteiger partial charge in [-0.15, -0.1) is 0 Å². The number of hydrogen-bond donors (Lipinski definition) is 2. The molecule has 2 fully saturated rings. The number of aliphatic hydroxyl groups excluding tert-OH is 1. The van der Waals surface area contributed by atoms with E-state index in [1.807, 2.05) is 16.7 Å². The van der Waals surface area contributed by atoms with E-state index in [1.165, 1.54) is 0 Å². The molecule has 3 atom stereocenters. The van der Waals surface area contributed by atoms with E-state index < -0.39 is 5.97 Å². The van der Waals surface area contributed by atoms with Crippen LogP contribution in [0, 0.1) is 5.92 Å². The fourth-order valence-electron chi connectivity index (χ4n) is 3.55. The minimum absolute atomic E-state index is 0.0180. The molecule has 2 rings (SSSR count). The van der Waals surface area contributed by atoms with Gasteiger partial charge in [0.2, 0.25) is 0 Å². The molecule has 0 bridgehead atoms. The molecule has 120 valence electrons. The molecule has 0 saturated carbocycles. The van der Waals surface area contributed by atoms with Crippen LogP contribution in [0.4, 0.5) is 4.79 Å². The molecule has 3 unspecified atom stereocenters. The van der Waals surface area contributed by atoms with Crippen LogP contribution in [0.3, 0.4) is 0 Å². The Balaban J connectivity index is 2.00. The Bertz CT molecular complexity index is 386.